The Labute approximate surface area is 176 Å². The van der Waals surface area contributed by atoms with Crippen LogP contribution in [0, 0.1) is 10.1 Å². The van der Waals surface area contributed by atoms with Gasteiger partial charge in [0.1, 0.15) is 5.01 Å². The highest BCUT2D eigenvalue weighted by Gasteiger charge is 2.16. The summed E-state index contributed by atoms with van der Waals surface area (Å²) in [5.41, 5.74) is 2.62. The highest BCUT2D eigenvalue weighted by molar-refractivity contribution is 7.21. The number of nitro groups is 1. The molecule has 0 fully saturated rings. The van der Waals surface area contributed by atoms with Crippen LogP contribution < -0.4 is 4.74 Å². The van der Waals surface area contributed by atoms with Gasteiger partial charge in [-0.25, -0.2) is 4.98 Å². The standard InChI is InChI=1S/C22H17N3O4S/c1-2-29-19-12-17(25(27)28)11-15(21(19)26)13-23-16-9-7-14(8-10-16)22-24-18-5-3-4-6-20(18)30-22/h3-13,26H,2H2,1H3. The molecule has 150 valence electrons. The van der Waals surface area contributed by atoms with Crippen LogP contribution in [0.5, 0.6) is 11.5 Å². The molecular weight excluding hydrogens is 402 g/mol. The van der Waals surface area contributed by atoms with E-state index in [0.29, 0.717) is 5.69 Å². The van der Waals surface area contributed by atoms with Gasteiger partial charge < -0.3 is 9.84 Å². The molecule has 4 rings (SSSR count). The Morgan fingerprint density at radius 3 is 2.67 bits per heavy atom. The lowest BCUT2D eigenvalue weighted by Gasteiger charge is -2.07. The van der Waals surface area contributed by atoms with Gasteiger partial charge in [0.25, 0.3) is 5.69 Å². The fraction of sp³-hybridized carbons (Fsp3) is 0.0909. The van der Waals surface area contributed by atoms with Crippen LogP contribution >= 0.6 is 11.3 Å². The zero-order chi connectivity index (χ0) is 21.1. The summed E-state index contributed by atoms with van der Waals surface area (Å²) in [4.78, 5) is 19.6. The maximum absolute atomic E-state index is 11.2. The molecule has 0 radical (unpaired) electrons. The average molecular weight is 419 g/mol. The Bertz CT molecular complexity index is 1220. The van der Waals surface area contributed by atoms with Crippen LogP contribution in [0.15, 0.2) is 65.7 Å². The number of aromatic nitrogens is 1. The molecule has 0 spiro atoms. The van der Waals surface area contributed by atoms with Gasteiger partial charge in [-0.1, -0.05) is 12.1 Å². The minimum atomic E-state index is -0.536. The van der Waals surface area contributed by atoms with Crippen molar-refractivity contribution in [3.05, 3.63) is 76.3 Å². The first-order valence-electron chi connectivity index (χ1n) is 9.19. The number of fused-ring (bicyclic) bond motifs is 1. The number of non-ortho nitro benzene ring substituents is 1. The number of ether oxygens (including phenoxy) is 1. The second-order valence-electron chi connectivity index (χ2n) is 6.36. The molecule has 0 saturated carbocycles. The van der Waals surface area contributed by atoms with Gasteiger partial charge in [0.2, 0.25) is 0 Å². The van der Waals surface area contributed by atoms with Crippen molar-refractivity contribution in [1.29, 1.82) is 0 Å². The van der Waals surface area contributed by atoms with Crippen LogP contribution in [-0.2, 0) is 0 Å². The quantitative estimate of drug-likeness (QED) is 0.245. The summed E-state index contributed by atoms with van der Waals surface area (Å²) < 4.78 is 6.41. The predicted octanol–water partition coefficient (Wildman–Crippen LogP) is 5.73. The minimum Gasteiger partial charge on any atom is -0.504 e. The predicted molar refractivity (Wildman–Crippen MR) is 118 cm³/mol. The number of rotatable bonds is 6. The number of aromatic hydroxyl groups is 1. The monoisotopic (exact) mass is 419 g/mol. The van der Waals surface area contributed by atoms with Crippen molar-refractivity contribution in [3.8, 4) is 22.1 Å². The van der Waals surface area contributed by atoms with Crippen LogP contribution in [0.3, 0.4) is 0 Å². The van der Waals surface area contributed by atoms with E-state index in [1.807, 2.05) is 48.5 Å². The average Bonchev–Trinajstić information content (AvgIpc) is 3.19. The minimum absolute atomic E-state index is 0.0549. The van der Waals surface area contributed by atoms with E-state index in [0.717, 1.165) is 20.8 Å². The second-order valence-corrected chi connectivity index (χ2v) is 7.39. The molecule has 8 heteroatoms. The molecule has 4 aromatic rings. The molecule has 0 unspecified atom stereocenters. The SMILES string of the molecule is CCOc1cc([N+](=O)[O-])cc(C=Nc2ccc(-c3nc4ccccc4s3)cc2)c1O. The third-order valence-electron chi connectivity index (χ3n) is 4.36. The van der Waals surface area contributed by atoms with Crippen molar-refractivity contribution in [2.24, 2.45) is 4.99 Å². The summed E-state index contributed by atoms with van der Waals surface area (Å²) in [5.74, 6) is -0.128. The number of aliphatic imine (C=N–C) groups is 1. The number of hydrogen-bond acceptors (Lipinski definition) is 7. The topological polar surface area (TPSA) is 97.9 Å². The molecule has 0 aliphatic heterocycles. The molecule has 0 bridgehead atoms. The first kappa shape index (κ1) is 19.5. The summed E-state index contributed by atoms with van der Waals surface area (Å²) in [6.07, 6.45) is 1.39. The fourth-order valence-corrected chi connectivity index (χ4v) is 3.88. The highest BCUT2D eigenvalue weighted by atomic mass is 32.1. The van der Waals surface area contributed by atoms with Gasteiger partial charge in [0, 0.05) is 23.4 Å². The van der Waals surface area contributed by atoms with Crippen molar-refractivity contribution >= 4 is 39.1 Å². The third-order valence-corrected chi connectivity index (χ3v) is 5.45. The second kappa shape index (κ2) is 8.30. The van der Waals surface area contributed by atoms with Crippen molar-refractivity contribution in [2.75, 3.05) is 6.61 Å². The fourth-order valence-electron chi connectivity index (χ4n) is 2.91. The lowest BCUT2D eigenvalue weighted by molar-refractivity contribution is -0.385. The number of phenols is 1. The van der Waals surface area contributed by atoms with E-state index in [9.17, 15) is 15.2 Å². The first-order chi connectivity index (χ1) is 14.5. The number of hydrogen-bond donors (Lipinski definition) is 1. The first-order valence-corrected chi connectivity index (χ1v) is 10.0. The molecule has 30 heavy (non-hydrogen) atoms. The van der Waals surface area contributed by atoms with Gasteiger partial charge in [-0.15, -0.1) is 11.3 Å². The van der Waals surface area contributed by atoms with Crippen LogP contribution in [0.1, 0.15) is 12.5 Å². The maximum Gasteiger partial charge on any atom is 0.274 e. The summed E-state index contributed by atoms with van der Waals surface area (Å²) >= 11 is 1.62. The molecule has 3 aromatic carbocycles. The smallest absolute Gasteiger partial charge is 0.274 e. The molecule has 0 saturated heterocycles. The summed E-state index contributed by atoms with van der Waals surface area (Å²) in [6.45, 7) is 2.01. The molecule has 0 amide bonds. The largest absolute Gasteiger partial charge is 0.504 e. The van der Waals surface area contributed by atoms with E-state index >= 15 is 0 Å². The molecule has 7 nitrogen and oxygen atoms in total. The lowest BCUT2D eigenvalue weighted by Crippen LogP contribution is -1.97. The Morgan fingerprint density at radius 2 is 1.97 bits per heavy atom. The van der Waals surface area contributed by atoms with Gasteiger partial charge in [-0.2, -0.15) is 0 Å². The molecular formula is C22H17N3O4S. The lowest BCUT2D eigenvalue weighted by atomic mass is 10.1. The summed E-state index contributed by atoms with van der Waals surface area (Å²) in [7, 11) is 0. The zero-order valence-electron chi connectivity index (χ0n) is 16.0. The number of para-hydroxylation sites is 1. The van der Waals surface area contributed by atoms with Gasteiger partial charge >= 0.3 is 0 Å². The number of phenolic OH excluding ortho intramolecular Hbond substituents is 1. The Morgan fingerprint density at radius 1 is 1.20 bits per heavy atom. The van der Waals surface area contributed by atoms with Crippen LogP contribution in [0.2, 0.25) is 0 Å². The van der Waals surface area contributed by atoms with Crippen molar-refractivity contribution in [2.45, 2.75) is 6.92 Å². The van der Waals surface area contributed by atoms with Crippen LogP contribution in [0.4, 0.5) is 11.4 Å². The van der Waals surface area contributed by atoms with E-state index in [1.54, 1.807) is 18.3 Å². The van der Waals surface area contributed by atoms with Gasteiger partial charge in [-0.3, -0.25) is 15.1 Å². The zero-order valence-corrected chi connectivity index (χ0v) is 16.8. The van der Waals surface area contributed by atoms with Crippen LogP contribution in [0.25, 0.3) is 20.8 Å². The number of benzene rings is 3. The molecule has 1 N–H and O–H groups in total. The van der Waals surface area contributed by atoms with E-state index in [-0.39, 0.29) is 29.4 Å². The van der Waals surface area contributed by atoms with E-state index < -0.39 is 4.92 Å². The van der Waals surface area contributed by atoms with Crippen LogP contribution in [-0.4, -0.2) is 27.8 Å². The Kier molecular flexibility index (Phi) is 5.40. The summed E-state index contributed by atoms with van der Waals surface area (Å²) in [6, 6.07) is 17.9. The van der Waals surface area contributed by atoms with E-state index in [4.69, 9.17) is 4.74 Å². The van der Waals surface area contributed by atoms with E-state index in [1.165, 1.54) is 18.3 Å². The Hall–Kier alpha value is -3.78. The third kappa shape index (κ3) is 3.99. The van der Waals surface area contributed by atoms with Crippen molar-refractivity contribution in [1.82, 2.24) is 4.98 Å². The van der Waals surface area contributed by atoms with E-state index in [2.05, 4.69) is 9.98 Å². The molecule has 1 aromatic heterocycles. The van der Waals surface area contributed by atoms with Gasteiger partial charge in [0.05, 0.1) is 33.5 Å². The number of nitrogens with zero attached hydrogens (tertiary/aromatic N) is 3. The maximum atomic E-state index is 11.2. The van der Waals surface area contributed by atoms with Gasteiger partial charge in [0.15, 0.2) is 11.5 Å². The summed E-state index contributed by atoms with van der Waals surface area (Å²) in [5, 5.41) is 22.4. The van der Waals surface area contributed by atoms with Crippen molar-refractivity contribution in [3.63, 3.8) is 0 Å². The molecule has 1 heterocycles. The number of thiazole rings is 1. The normalized spacial score (nSPS) is 11.2. The molecule has 0 aliphatic rings. The van der Waals surface area contributed by atoms with Gasteiger partial charge in [-0.05, 0) is 43.3 Å². The highest BCUT2D eigenvalue weighted by Crippen LogP contribution is 2.34. The molecule has 0 atom stereocenters. The molecule has 0 aliphatic carbocycles. The number of nitro benzene ring substituents is 1. The van der Waals surface area contributed by atoms with Crippen molar-refractivity contribution < 1.29 is 14.8 Å². The Balaban J connectivity index is 1.60.